The molecule has 31 heavy (non-hydrogen) atoms. The number of fused-ring (bicyclic) bond motifs is 1. The SMILES string of the molecule is COc1ccccc1CN/N=C/c1cc(Cl)ccc1OCc1cccc2ccccc12. The molecule has 0 heterocycles. The minimum absolute atomic E-state index is 0.457. The highest BCUT2D eigenvalue weighted by atomic mass is 35.5. The fourth-order valence-corrected chi connectivity index (χ4v) is 3.60. The molecule has 5 heteroatoms. The Hall–Kier alpha value is -3.50. The van der Waals surface area contributed by atoms with E-state index in [0.717, 1.165) is 28.2 Å². The molecular weight excluding hydrogens is 408 g/mol. The molecule has 156 valence electrons. The summed E-state index contributed by atoms with van der Waals surface area (Å²) in [6.45, 7) is 1.01. The molecule has 0 saturated carbocycles. The maximum Gasteiger partial charge on any atom is 0.128 e. The first-order valence-electron chi connectivity index (χ1n) is 10.0. The molecule has 1 N–H and O–H groups in total. The number of methoxy groups -OCH3 is 1. The van der Waals surface area contributed by atoms with E-state index in [-0.39, 0.29) is 0 Å². The standard InChI is InChI=1S/C26H23ClN2O2/c1-30-25-12-5-3-8-20(25)16-28-29-17-22-15-23(27)13-14-26(22)31-18-21-10-6-9-19-7-2-4-11-24(19)21/h2-15,17,28H,16,18H2,1H3/b29-17+. The number of nitrogens with one attached hydrogen (secondary N) is 1. The van der Waals surface area contributed by atoms with Gasteiger partial charge in [0.15, 0.2) is 0 Å². The maximum absolute atomic E-state index is 6.21. The van der Waals surface area contributed by atoms with Gasteiger partial charge >= 0.3 is 0 Å². The minimum Gasteiger partial charge on any atom is -0.496 e. The normalized spacial score (nSPS) is 11.0. The summed E-state index contributed by atoms with van der Waals surface area (Å²) < 4.78 is 11.5. The largest absolute Gasteiger partial charge is 0.496 e. The lowest BCUT2D eigenvalue weighted by Crippen LogP contribution is -2.07. The number of benzene rings is 4. The molecule has 0 aliphatic heterocycles. The first-order chi connectivity index (χ1) is 15.2. The van der Waals surface area contributed by atoms with Crippen LogP contribution in [-0.2, 0) is 13.2 Å². The molecule has 4 rings (SSSR count). The summed E-state index contributed by atoms with van der Waals surface area (Å²) in [7, 11) is 1.66. The lowest BCUT2D eigenvalue weighted by atomic mass is 10.1. The van der Waals surface area contributed by atoms with Crippen LogP contribution in [0.25, 0.3) is 10.8 Å². The van der Waals surface area contributed by atoms with Crippen LogP contribution >= 0.6 is 11.6 Å². The second-order valence-electron chi connectivity index (χ2n) is 7.01. The van der Waals surface area contributed by atoms with Crippen molar-refractivity contribution in [3.8, 4) is 11.5 Å². The Morgan fingerprint density at radius 3 is 2.55 bits per heavy atom. The van der Waals surface area contributed by atoms with Gasteiger partial charge in [-0.15, -0.1) is 0 Å². The van der Waals surface area contributed by atoms with E-state index >= 15 is 0 Å². The highest BCUT2D eigenvalue weighted by Crippen LogP contribution is 2.25. The van der Waals surface area contributed by atoms with Gasteiger partial charge in [0, 0.05) is 16.1 Å². The number of hydrogen-bond donors (Lipinski definition) is 1. The van der Waals surface area contributed by atoms with Crippen molar-refractivity contribution in [2.24, 2.45) is 5.10 Å². The van der Waals surface area contributed by atoms with E-state index in [1.165, 1.54) is 10.8 Å². The van der Waals surface area contributed by atoms with Crippen molar-refractivity contribution in [1.29, 1.82) is 0 Å². The Bertz CT molecular complexity index is 1200. The summed E-state index contributed by atoms with van der Waals surface area (Å²) >= 11 is 6.21. The van der Waals surface area contributed by atoms with Crippen LogP contribution in [0.2, 0.25) is 5.02 Å². The molecule has 0 bridgehead atoms. The van der Waals surface area contributed by atoms with E-state index in [1.54, 1.807) is 13.3 Å². The zero-order chi connectivity index (χ0) is 21.5. The van der Waals surface area contributed by atoms with Crippen molar-refractivity contribution in [2.75, 3.05) is 7.11 Å². The van der Waals surface area contributed by atoms with Crippen molar-refractivity contribution in [3.63, 3.8) is 0 Å². The molecule has 0 unspecified atom stereocenters. The Balaban J connectivity index is 1.46. The van der Waals surface area contributed by atoms with Crippen LogP contribution in [0.1, 0.15) is 16.7 Å². The van der Waals surface area contributed by atoms with Crippen LogP contribution < -0.4 is 14.9 Å². The van der Waals surface area contributed by atoms with Gasteiger partial charge in [0.05, 0.1) is 19.9 Å². The molecule has 0 aromatic heterocycles. The average Bonchev–Trinajstić information content (AvgIpc) is 2.81. The number of hydrazone groups is 1. The predicted octanol–water partition coefficient (Wildman–Crippen LogP) is 6.20. The molecule has 0 aliphatic carbocycles. The van der Waals surface area contributed by atoms with Crippen LogP contribution in [0, 0.1) is 0 Å². The van der Waals surface area contributed by atoms with Gasteiger partial charge in [-0.3, -0.25) is 0 Å². The van der Waals surface area contributed by atoms with E-state index in [1.807, 2.05) is 60.7 Å². The predicted molar refractivity (Wildman–Crippen MR) is 127 cm³/mol. The first-order valence-corrected chi connectivity index (χ1v) is 10.4. The van der Waals surface area contributed by atoms with Gasteiger partial charge in [0.25, 0.3) is 0 Å². The maximum atomic E-state index is 6.21. The van der Waals surface area contributed by atoms with Gasteiger partial charge in [-0.1, -0.05) is 72.3 Å². The number of para-hydroxylation sites is 1. The number of nitrogens with zero attached hydrogens (tertiary/aromatic N) is 1. The third-order valence-corrected chi connectivity index (χ3v) is 5.23. The van der Waals surface area contributed by atoms with Gasteiger partial charge in [-0.2, -0.15) is 5.10 Å². The van der Waals surface area contributed by atoms with E-state index in [0.29, 0.717) is 18.2 Å². The highest BCUT2D eigenvalue weighted by Gasteiger charge is 2.06. The first kappa shape index (κ1) is 20.8. The number of ether oxygens (including phenoxy) is 2. The van der Waals surface area contributed by atoms with Gasteiger partial charge < -0.3 is 14.9 Å². The third kappa shape index (κ3) is 5.16. The molecular formula is C26H23ClN2O2. The summed E-state index contributed by atoms with van der Waals surface area (Å²) in [5, 5.41) is 7.36. The van der Waals surface area contributed by atoms with Crippen molar-refractivity contribution in [3.05, 3.63) is 107 Å². The van der Waals surface area contributed by atoms with Gasteiger partial charge in [0.2, 0.25) is 0 Å². The van der Waals surface area contributed by atoms with E-state index in [4.69, 9.17) is 21.1 Å². The van der Waals surface area contributed by atoms with Crippen molar-refractivity contribution in [2.45, 2.75) is 13.2 Å². The molecule has 0 atom stereocenters. The Labute approximate surface area is 187 Å². The van der Waals surface area contributed by atoms with Crippen LogP contribution in [0.4, 0.5) is 0 Å². The molecule has 0 fully saturated rings. The van der Waals surface area contributed by atoms with Crippen molar-refractivity contribution < 1.29 is 9.47 Å². The quantitative estimate of drug-likeness (QED) is 0.267. The van der Waals surface area contributed by atoms with Crippen LogP contribution in [0.3, 0.4) is 0 Å². The number of rotatable bonds is 8. The topological polar surface area (TPSA) is 42.8 Å². The average molecular weight is 431 g/mol. The molecule has 0 saturated heterocycles. The Kier molecular flexibility index (Phi) is 6.70. The van der Waals surface area contributed by atoms with Gasteiger partial charge in [-0.25, -0.2) is 0 Å². The zero-order valence-electron chi connectivity index (χ0n) is 17.2. The summed E-state index contributed by atoms with van der Waals surface area (Å²) in [5.41, 5.74) is 6.02. The summed E-state index contributed by atoms with van der Waals surface area (Å²) in [4.78, 5) is 0. The Morgan fingerprint density at radius 2 is 1.65 bits per heavy atom. The monoisotopic (exact) mass is 430 g/mol. The molecule has 4 aromatic carbocycles. The van der Waals surface area contributed by atoms with Crippen molar-refractivity contribution in [1.82, 2.24) is 5.43 Å². The molecule has 0 spiro atoms. The number of halogens is 1. The van der Waals surface area contributed by atoms with Crippen LogP contribution in [-0.4, -0.2) is 13.3 Å². The molecule has 0 amide bonds. The Morgan fingerprint density at radius 1 is 0.871 bits per heavy atom. The van der Waals surface area contributed by atoms with Gasteiger partial charge in [0.1, 0.15) is 18.1 Å². The molecule has 4 nitrogen and oxygen atoms in total. The van der Waals surface area contributed by atoms with Gasteiger partial charge in [-0.05, 0) is 40.6 Å². The lowest BCUT2D eigenvalue weighted by molar-refractivity contribution is 0.307. The summed E-state index contributed by atoms with van der Waals surface area (Å²) in [6, 6.07) is 27.9. The third-order valence-electron chi connectivity index (χ3n) is 4.99. The van der Waals surface area contributed by atoms with Crippen LogP contribution in [0.15, 0.2) is 90.0 Å². The molecule has 0 aliphatic rings. The number of hydrogen-bond acceptors (Lipinski definition) is 4. The minimum atomic E-state index is 0.457. The molecule has 0 radical (unpaired) electrons. The van der Waals surface area contributed by atoms with E-state index in [2.05, 4.69) is 34.8 Å². The fourth-order valence-electron chi connectivity index (χ4n) is 3.42. The smallest absolute Gasteiger partial charge is 0.128 e. The second kappa shape index (κ2) is 10.0. The summed E-state index contributed by atoms with van der Waals surface area (Å²) in [6.07, 6.45) is 1.72. The fraction of sp³-hybridized carbons (Fsp3) is 0.115. The zero-order valence-corrected chi connectivity index (χ0v) is 18.0. The lowest BCUT2D eigenvalue weighted by Gasteiger charge is -2.12. The summed E-state index contributed by atoms with van der Waals surface area (Å²) in [5.74, 6) is 1.55. The van der Waals surface area contributed by atoms with E-state index in [9.17, 15) is 0 Å². The second-order valence-corrected chi connectivity index (χ2v) is 7.45. The van der Waals surface area contributed by atoms with Crippen LogP contribution in [0.5, 0.6) is 11.5 Å². The highest BCUT2D eigenvalue weighted by molar-refractivity contribution is 6.30. The molecule has 4 aromatic rings. The van der Waals surface area contributed by atoms with E-state index < -0.39 is 0 Å². The van der Waals surface area contributed by atoms with Crippen molar-refractivity contribution >= 4 is 28.6 Å².